The standard InChI is InChI=1S/C19H19N3O4S/c1-12-5-3-8-16(22(25)26)18(12)20-19(24)13-9-17(23)21(11-13)14-6-4-7-15(10-14)27-2/h3-8,10,13H,9,11H2,1-2H3,(H,20,24). The minimum absolute atomic E-state index is 0.0784. The molecule has 2 aromatic rings. The average Bonchev–Trinajstić information content (AvgIpc) is 3.05. The van der Waals surface area contributed by atoms with Crippen molar-refractivity contribution in [2.45, 2.75) is 18.2 Å². The van der Waals surface area contributed by atoms with Gasteiger partial charge in [-0.2, -0.15) is 0 Å². The number of hydrogen-bond acceptors (Lipinski definition) is 5. The van der Waals surface area contributed by atoms with E-state index in [4.69, 9.17) is 0 Å². The van der Waals surface area contributed by atoms with Crippen LogP contribution in [0.4, 0.5) is 17.1 Å². The third-order valence-corrected chi connectivity index (χ3v) is 5.28. The van der Waals surface area contributed by atoms with Crippen molar-refractivity contribution < 1.29 is 14.5 Å². The first-order valence-electron chi connectivity index (χ1n) is 8.40. The molecule has 1 atom stereocenters. The Morgan fingerprint density at radius 2 is 2.04 bits per heavy atom. The SMILES string of the molecule is CSc1cccc(N2CC(C(=O)Nc3c(C)cccc3[N+](=O)[O-])CC2=O)c1. The second kappa shape index (κ2) is 7.79. The summed E-state index contributed by atoms with van der Waals surface area (Å²) in [7, 11) is 0. The zero-order chi connectivity index (χ0) is 19.6. The summed E-state index contributed by atoms with van der Waals surface area (Å²) in [5, 5.41) is 13.9. The number of nitro benzene ring substituents is 1. The van der Waals surface area contributed by atoms with Crippen molar-refractivity contribution in [3.63, 3.8) is 0 Å². The highest BCUT2D eigenvalue weighted by Crippen LogP contribution is 2.31. The number of amides is 2. The monoisotopic (exact) mass is 385 g/mol. The van der Waals surface area contributed by atoms with Crippen LogP contribution in [0.15, 0.2) is 47.4 Å². The number of nitro groups is 1. The predicted molar refractivity (Wildman–Crippen MR) is 105 cm³/mol. The molecule has 8 heteroatoms. The quantitative estimate of drug-likeness (QED) is 0.482. The van der Waals surface area contributed by atoms with Gasteiger partial charge in [-0.05, 0) is 36.9 Å². The van der Waals surface area contributed by atoms with Crippen LogP contribution in [0.25, 0.3) is 0 Å². The maximum atomic E-state index is 12.7. The molecular formula is C19H19N3O4S. The van der Waals surface area contributed by atoms with E-state index in [1.165, 1.54) is 6.07 Å². The Kier molecular flexibility index (Phi) is 5.46. The molecule has 0 aromatic heterocycles. The third kappa shape index (κ3) is 3.95. The molecule has 140 valence electrons. The van der Waals surface area contributed by atoms with E-state index in [0.29, 0.717) is 5.56 Å². The fourth-order valence-corrected chi connectivity index (χ4v) is 3.56. The lowest BCUT2D eigenvalue weighted by atomic mass is 10.1. The van der Waals surface area contributed by atoms with Gasteiger partial charge in [0.15, 0.2) is 0 Å². The maximum Gasteiger partial charge on any atom is 0.293 e. The van der Waals surface area contributed by atoms with Crippen LogP contribution in [0.3, 0.4) is 0 Å². The summed E-state index contributed by atoms with van der Waals surface area (Å²) < 4.78 is 0. The third-order valence-electron chi connectivity index (χ3n) is 4.56. The van der Waals surface area contributed by atoms with Crippen molar-refractivity contribution >= 4 is 40.6 Å². The van der Waals surface area contributed by atoms with Crippen LogP contribution < -0.4 is 10.2 Å². The number of anilines is 2. The molecule has 1 saturated heterocycles. The molecule has 1 aliphatic heterocycles. The number of hydrogen-bond donors (Lipinski definition) is 1. The number of carbonyl (C=O) groups is 2. The van der Waals surface area contributed by atoms with Gasteiger partial charge in [0.05, 0.1) is 10.8 Å². The normalized spacial score (nSPS) is 16.4. The number of carbonyl (C=O) groups excluding carboxylic acids is 2. The molecule has 1 N–H and O–H groups in total. The molecule has 1 heterocycles. The summed E-state index contributed by atoms with van der Waals surface area (Å²) in [6.07, 6.45) is 2.03. The molecule has 0 saturated carbocycles. The van der Waals surface area contributed by atoms with E-state index >= 15 is 0 Å². The number of para-hydroxylation sites is 1. The lowest BCUT2D eigenvalue weighted by molar-refractivity contribution is -0.384. The molecule has 1 unspecified atom stereocenters. The Bertz CT molecular complexity index is 916. The van der Waals surface area contributed by atoms with Gasteiger partial charge in [-0.25, -0.2) is 0 Å². The Morgan fingerprint density at radius 1 is 1.30 bits per heavy atom. The highest BCUT2D eigenvalue weighted by Gasteiger charge is 2.36. The molecule has 0 aliphatic carbocycles. The second-order valence-electron chi connectivity index (χ2n) is 6.32. The Morgan fingerprint density at radius 3 is 2.74 bits per heavy atom. The predicted octanol–water partition coefficient (Wildman–Crippen LogP) is 3.62. The summed E-state index contributed by atoms with van der Waals surface area (Å²) in [6, 6.07) is 12.2. The van der Waals surface area contributed by atoms with Gasteiger partial charge in [0.1, 0.15) is 5.69 Å². The first kappa shape index (κ1) is 18.9. The zero-order valence-electron chi connectivity index (χ0n) is 15.0. The molecule has 2 aromatic carbocycles. The van der Waals surface area contributed by atoms with Crippen molar-refractivity contribution in [3.05, 3.63) is 58.1 Å². The molecule has 0 radical (unpaired) electrons. The van der Waals surface area contributed by atoms with Gasteiger partial charge in [-0.3, -0.25) is 19.7 Å². The largest absolute Gasteiger partial charge is 0.320 e. The topological polar surface area (TPSA) is 92.6 Å². The van der Waals surface area contributed by atoms with Crippen LogP contribution in [0.2, 0.25) is 0 Å². The Balaban J connectivity index is 1.78. The summed E-state index contributed by atoms with van der Waals surface area (Å²) >= 11 is 1.58. The first-order valence-corrected chi connectivity index (χ1v) is 9.62. The maximum absolute atomic E-state index is 12.7. The number of rotatable bonds is 5. The Hall–Kier alpha value is -2.87. The van der Waals surface area contributed by atoms with Crippen molar-refractivity contribution in [1.82, 2.24) is 0 Å². The van der Waals surface area contributed by atoms with Gasteiger partial charge in [0, 0.05) is 29.6 Å². The number of aryl methyl sites for hydroxylation is 1. The second-order valence-corrected chi connectivity index (χ2v) is 7.20. The zero-order valence-corrected chi connectivity index (χ0v) is 15.8. The van der Waals surface area contributed by atoms with E-state index in [9.17, 15) is 19.7 Å². The molecule has 3 rings (SSSR count). The number of benzene rings is 2. The molecule has 0 spiro atoms. The van der Waals surface area contributed by atoms with E-state index < -0.39 is 10.8 Å². The average molecular weight is 385 g/mol. The van der Waals surface area contributed by atoms with Crippen LogP contribution in [-0.2, 0) is 9.59 Å². The van der Waals surface area contributed by atoms with Crippen LogP contribution in [0.5, 0.6) is 0 Å². The smallest absolute Gasteiger partial charge is 0.293 e. The van der Waals surface area contributed by atoms with Gasteiger partial charge in [0.2, 0.25) is 11.8 Å². The minimum atomic E-state index is -0.561. The molecule has 27 heavy (non-hydrogen) atoms. The van der Waals surface area contributed by atoms with Crippen LogP contribution in [-0.4, -0.2) is 29.5 Å². The number of nitrogens with one attached hydrogen (secondary N) is 1. The lowest BCUT2D eigenvalue weighted by Crippen LogP contribution is -2.28. The molecule has 2 amide bonds. The molecule has 0 bridgehead atoms. The van der Waals surface area contributed by atoms with E-state index in [0.717, 1.165) is 10.6 Å². The van der Waals surface area contributed by atoms with Gasteiger partial charge < -0.3 is 10.2 Å². The van der Waals surface area contributed by atoms with Crippen molar-refractivity contribution in [1.29, 1.82) is 0 Å². The fourth-order valence-electron chi connectivity index (χ4n) is 3.10. The minimum Gasteiger partial charge on any atom is -0.320 e. The van der Waals surface area contributed by atoms with Gasteiger partial charge in [0.25, 0.3) is 5.69 Å². The van der Waals surface area contributed by atoms with Crippen molar-refractivity contribution in [2.24, 2.45) is 5.92 Å². The molecule has 7 nitrogen and oxygen atoms in total. The van der Waals surface area contributed by atoms with E-state index in [2.05, 4.69) is 5.32 Å². The summed E-state index contributed by atoms with van der Waals surface area (Å²) in [5.41, 5.74) is 1.38. The summed E-state index contributed by atoms with van der Waals surface area (Å²) in [6.45, 7) is 1.95. The number of thioether (sulfide) groups is 1. The highest BCUT2D eigenvalue weighted by molar-refractivity contribution is 7.98. The van der Waals surface area contributed by atoms with Crippen LogP contribution in [0.1, 0.15) is 12.0 Å². The highest BCUT2D eigenvalue weighted by atomic mass is 32.2. The fraction of sp³-hybridized carbons (Fsp3) is 0.263. The van der Waals surface area contributed by atoms with Crippen molar-refractivity contribution in [3.8, 4) is 0 Å². The molecule has 1 fully saturated rings. The summed E-state index contributed by atoms with van der Waals surface area (Å²) in [4.78, 5) is 38.4. The van der Waals surface area contributed by atoms with Crippen LogP contribution >= 0.6 is 11.8 Å². The first-order chi connectivity index (χ1) is 12.9. The van der Waals surface area contributed by atoms with Crippen molar-refractivity contribution in [2.75, 3.05) is 23.0 Å². The van der Waals surface area contributed by atoms with Crippen LogP contribution in [0, 0.1) is 23.0 Å². The Labute approximate surface area is 160 Å². The lowest BCUT2D eigenvalue weighted by Gasteiger charge is -2.17. The molecule has 1 aliphatic rings. The van der Waals surface area contributed by atoms with E-state index in [-0.39, 0.29) is 36.2 Å². The molecular weight excluding hydrogens is 366 g/mol. The van der Waals surface area contributed by atoms with E-state index in [1.54, 1.807) is 35.7 Å². The van der Waals surface area contributed by atoms with E-state index in [1.807, 2.05) is 30.5 Å². The van der Waals surface area contributed by atoms with Gasteiger partial charge in [-0.15, -0.1) is 11.8 Å². The number of nitrogens with zero attached hydrogens (tertiary/aromatic N) is 2. The van der Waals surface area contributed by atoms with Gasteiger partial charge in [-0.1, -0.05) is 18.2 Å². The van der Waals surface area contributed by atoms with Gasteiger partial charge >= 0.3 is 0 Å². The summed E-state index contributed by atoms with van der Waals surface area (Å²) in [5.74, 6) is -1.08.